The van der Waals surface area contributed by atoms with Crippen molar-refractivity contribution in [2.24, 2.45) is 5.92 Å². The lowest BCUT2D eigenvalue weighted by Crippen LogP contribution is -2.57. The van der Waals surface area contributed by atoms with E-state index in [9.17, 15) is 19.2 Å². The molecular formula is C27H34N4O5. The molecule has 0 aliphatic carbocycles. The third-order valence-electron chi connectivity index (χ3n) is 5.80. The lowest BCUT2D eigenvalue weighted by atomic mass is 10.1. The number of carbonyl (C=O) groups excluding carboxylic acids is 4. The van der Waals surface area contributed by atoms with Gasteiger partial charge in [-0.05, 0) is 42.7 Å². The standard InChI is InChI=1S/C27H34N4O5/c1-18(2)17-36-25(33)15-23-27(35)28-13-14-31(23)16-24(32)30-22-11-9-21(10-12-22)26(34)29-19(3)20-7-5-4-6-8-20/h4-12,18-19,23H,13-17H2,1-3H3,(H,28,35)(H,29,34)(H,30,32). The Morgan fingerprint density at radius 1 is 1.06 bits per heavy atom. The minimum Gasteiger partial charge on any atom is -0.465 e. The maximum Gasteiger partial charge on any atom is 0.307 e. The Morgan fingerprint density at radius 3 is 2.42 bits per heavy atom. The van der Waals surface area contributed by atoms with Gasteiger partial charge in [-0.25, -0.2) is 0 Å². The summed E-state index contributed by atoms with van der Waals surface area (Å²) in [5.41, 5.74) is 2.01. The maximum absolute atomic E-state index is 12.7. The average molecular weight is 495 g/mol. The topological polar surface area (TPSA) is 117 Å². The Kier molecular flexibility index (Phi) is 9.58. The fourth-order valence-electron chi connectivity index (χ4n) is 3.84. The SMILES string of the molecule is CC(C)COC(=O)CC1C(=O)NCCN1CC(=O)Nc1ccc(C(=O)NC(C)c2ccccc2)cc1. The van der Waals surface area contributed by atoms with Crippen LogP contribution in [-0.2, 0) is 19.1 Å². The van der Waals surface area contributed by atoms with Crippen molar-refractivity contribution in [2.45, 2.75) is 39.3 Å². The van der Waals surface area contributed by atoms with Crippen LogP contribution in [0.15, 0.2) is 54.6 Å². The van der Waals surface area contributed by atoms with E-state index in [1.54, 1.807) is 29.2 Å². The van der Waals surface area contributed by atoms with Crippen molar-refractivity contribution in [2.75, 3.05) is 31.6 Å². The Morgan fingerprint density at radius 2 is 1.75 bits per heavy atom. The van der Waals surface area contributed by atoms with Gasteiger partial charge in [-0.3, -0.25) is 24.1 Å². The summed E-state index contributed by atoms with van der Waals surface area (Å²) in [6.07, 6.45) is -0.114. The summed E-state index contributed by atoms with van der Waals surface area (Å²) in [6, 6.07) is 15.4. The van der Waals surface area contributed by atoms with Crippen LogP contribution in [0.2, 0.25) is 0 Å². The van der Waals surface area contributed by atoms with Crippen LogP contribution in [0.1, 0.15) is 49.2 Å². The van der Waals surface area contributed by atoms with Gasteiger partial charge in [0, 0.05) is 24.3 Å². The van der Waals surface area contributed by atoms with Crippen molar-refractivity contribution in [3.05, 3.63) is 65.7 Å². The Hall–Kier alpha value is -3.72. The normalized spacial score (nSPS) is 16.7. The van der Waals surface area contributed by atoms with Crippen LogP contribution >= 0.6 is 0 Å². The molecule has 2 aromatic rings. The van der Waals surface area contributed by atoms with Crippen molar-refractivity contribution in [1.82, 2.24) is 15.5 Å². The third kappa shape index (κ3) is 7.91. The van der Waals surface area contributed by atoms with Crippen LogP contribution in [0.5, 0.6) is 0 Å². The number of piperazine rings is 1. The average Bonchev–Trinajstić information content (AvgIpc) is 2.85. The minimum absolute atomic E-state index is 0.0492. The molecule has 9 heteroatoms. The molecule has 192 valence electrons. The first-order valence-electron chi connectivity index (χ1n) is 12.2. The fraction of sp³-hybridized carbons (Fsp3) is 0.407. The summed E-state index contributed by atoms with van der Waals surface area (Å²) in [5, 5.41) is 8.49. The van der Waals surface area contributed by atoms with Gasteiger partial charge in [0.2, 0.25) is 11.8 Å². The van der Waals surface area contributed by atoms with Crippen LogP contribution in [0.3, 0.4) is 0 Å². The summed E-state index contributed by atoms with van der Waals surface area (Å²) in [6.45, 7) is 6.86. The van der Waals surface area contributed by atoms with E-state index in [4.69, 9.17) is 4.74 Å². The number of ether oxygens (including phenoxy) is 1. The minimum atomic E-state index is -0.762. The number of carbonyl (C=O) groups is 4. The molecule has 0 aromatic heterocycles. The van der Waals surface area contributed by atoms with Crippen LogP contribution in [0, 0.1) is 5.92 Å². The van der Waals surface area contributed by atoms with E-state index in [0.717, 1.165) is 5.56 Å². The van der Waals surface area contributed by atoms with E-state index in [1.165, 1.54) is 0 Å². The van der Waals surface area contributed by atoms with E-state index in [1.807, 2.05) is 51.1 Å². The monoisotopic (exact) mass is 494 g/mol. The number of nitrogens with one attached hydrogen (secondary N) is 3. The summed E-state index contributed by atoms with van der Waals surface area (Å²) in [7, 11) is 0. The molecule has 9 nitrogen and oxygen atoms in total. The Bertz CT molecular complexity index is 1060. The van der Waals surface area contributed by atoms with E-state index in [0.29, 0.717) is 24.3 Å². The molecule has 3 N–H and O–H groups in total. The molecule has 2 aromatic carbocycles. The predicted molar refractivity (Wildman–Crippen MR) is 136 cm³/mol. The van der Waals surface area contributed by atoms with Gasteiger partial charge in [0.25, 0.3) is 5.91 Å². The van der Waals surface area contributed by atoms with Gasteiger partial charge in [0.1, 0.15) is 6.04 Å². The second kappa shape index (κ2) is 12.8. The first-order valence-corrected chi connectivity index (χ1v) is 12.2. The van der Waals surface area contributed by atoms with Gasteiger partial charge in [0.05, 0.1) is 25.6 Å². The molecule has 0 saturated carbocycles. The molecule has 2 atom stereocenters. The van der Waals surface area contributed by atoms with Gasteiger partial charge in [-0.2, -0.15) is 0 Å². The first-order chi connectivity index (χ1) is 17.2. The number of esters is 1. The molecule has 0 bridgehead atoms. The zero-order valence-electron chi connectivity index (χ0n) is 21.0. The molecule has 1 aliphatic heterocycles. The highest BCUT2D eigenvalue weighted by molar-refractivity contribution is 5.96. The first kappa shape index (κ1) is 26.9. The molecule has 0 spiro atoms. The lowest BCUT2D eigenvalue weighted by Gasteiger charge is -2.33. The Labute approximate surface area is 211 Å². The van der Waals surface area contributed by atoms with Crippen molar-refractivity contribution < 1.29 is 23.9 Å². The summed E-state index contributed by atoms with van der Waals surface area (Å²) in [5.74, 6) is -1.10. The summed E-state index contributed by atoms with van der Waals surface area (Å²) in [4.78, 5) is 51.4. The largest absolute Gasteiger partial charge is 0.465 e. The molecule has 36 heavy (non-hydrogen) atoms. The molecule has 2 unspecified atom stereocenters. The van der Waals surface area contributed by atoms with E-state index >= 15 is 0 Å². The number of hydrogen-bond acceptors (Lipinski definition) is 6. The van der Waals surface area contributed by atoms with Crippen LogP contribution in [0.25, 0.3) is 0 Å². The van der Waals surface area contributed by atoms with E-state index < -0.39 is 12.0 Å². The second-order valence-corrected chi connectivity index (χ2v) is 9.29. The second-order valence-electron chi connectivity index (χ2n) is 9.29. The van der Waals surface area contributed by atoms with Crippen LogP contribution in [-0.4, -0.2) is 60.9 Å². The van der Waals surface area contributed by atoms with Gasteiger partial charge < -0.3 is 20.7 Å². The molecule has 0 radical (unpaired) electrons. The van der Waals surface area contributed by atoms with E-state index in [2.05, 4.69) is 16.0 Å². The quantitative estimate of drug-likeness (QED) is 0.437. The van der Waals surface area contributed by atoms with Crippen molar-refractivity contribution >= 4 is 29.4 Å². The molecule has 1 heterocycles. The molecule has 1 aliphatic rings. The zero-order chi connectivity index (χ0) is 26.1. The smallest absolute Gasteiger partial charge is 0.307 e. The fourth-order valence-corrected chi connectivity index (χ4v) is 3.84. The third-order valence-corrected chi connectivity index (χ3v) is 5.80. The molecule has 1 fully saturated rings. The van der Waals surface area contributed by atoms with Gasteiger partial charge >= 0.3 is 5.97 Å². The number of amides is 3. The van der Waals surface area contributed by atoms with Crippen molar-refractivity contribution in [3.8, 4) is 0 Å². The zero-order valence-corrected chi connectivity index (χ0v) is 21.0. The number of hydrogen-bond donors (Lipinski definition) is 3. The predicted octanol–water partition coefficient (Wildman–Crippen LogP) is 2.51. The summed E-state index contributed by atoms with van der Waals surface area (Å²) >= 11 is 0. The van der Waals surface area contributed by atoms with Crippen LogP contribution in [0.4, 0.5) is 5.69 Å². The number of anilines is 1. The number of rotatable bonds is 10. The van der Waals surface area contributed by atoms with Crippen molar-refractivity contribution in [3.63, 3.8) is 0 Å². The highest BCUT2D eigenvalue weighted by Crippen LogP contribution is 2.15. The maximum atomic E-state index is 12.7. The molecular weight excluding hydrogens is 460 g/mol. The molecule has 3 amide bonds. The summed E-state index contributed by atoms with van der Waals surface area (Å²) < 4.78 is 5.20. The molecule has 1 saturated heterocycles. The molecule has 3 rings (SSSR count). The Balaban J connectivity index is 1.53. The number of nitrogens with zero attached hydrogens (tertiary/aromatic N) is 1. The van der Waals surface area contributed by atoms with Crippen molar-refractivity contribution in [1.29, 1.82) is 0 Å². The number of benzene rings is 2. The van der Waals surface area contributed by atoms with Crippen LogP contribution < -0.4 is 16.0 Å². The highest BCUT2D eigenvalue weighted by atomic mass is 16.5. The lowest BCUT2D eigenvalue weighted by molar-refractivity contribution is -0.149. The van der Waals surface area contributed by atoms with Gasteiger partial charge in [-0.1, -0.05) is 44.2 Å². The van der Waals surface area contributed by atoms with Gasteiger partial charge in [-0.15, -0.1) is 0 Å². The van der Waals surface area contributed by atoms with Gasteiger partial charge in [0.15, 0.2) is 0 Å². The highest BCUT2D eigenvalue weighted by Gasteiger charge is 2.33. The van der Waals surface area contributed by atoms with E-state index in [-0.39, 0.29) is 49.3 Å².